The Balaban J connectivity index is 2.00. The van der Waals surface area contributed by atoms with Gasteiger partial charge in [0.05, 0.1) is 0 Å². The lowest BCUT2D eigenvalue weighted by Gasteiger charge is -2.19. The summed E-state index contributed by atoms with van der Waals surface area (Å²) in [6, 6.07) is 11.6. The van der Waals surface area contributed by atoms with Crippen molar-refractivity contribution in [2.75, 3.05) is 17.7 Å². The predicted molar refractivity (Wildman–Crippen MR) is 104 cm³/mol. The van der Waals surface area contributed by atoms with Crippen LogP contribution in [0, 0.1) is 6.92 Å². The van der Waals surface area contributed by atoms with Gasteiger partial charge in [0.2, 0.25) is 0 Å². The molecule has 0 fully saturated rings. The fourth-order valence-electron chi connectivity index (χ4n) is 2.72. The summed E-state index contributed by atoms with van der Waals surface area (Å²) in [6.45, 7) is 10.4. The van der Waals surface area contributed by atoms with Crippen molar-refractivity contribution in [3.8, 4) is 5.75 Å². The molecule has 0 saturated carbocycles. The van der Waals surface area contributed by atoms with E-state index < -0.39 is 0 Å². The molecule has 0 aliphatic carbocycles. The van der Waals surface area contributed by atoms with Crippen LogP contribution >= 0.6 is 0 Å². The first-order valence-corrected chi connectivity index (χ1v) is 8.63. The molecule has 4 heteroatoms. The maximum atomic E-state index is 12.2. The molecular formula is C21H28N2O2. The third-order valence-electron chi connectivity index (χ3n) is 4.18. The van der Waals surface area contributed by atoms with E-state index in [1.807, 2.05) is 50.2 Å². The summed E-state index contributed by atoms with van der Waals surface area (Å²) in [5.41, 5.74) is 10.7. The number of nitrogen functional groups attached to an aromatic ring is 1. The van der Waals surface area contributed by atoms with Gasteiger partial charge in [-0.1, -0.05) is 39.8 Å². The fraction of sp³-hybridized carbons (Fsp3) is 0.381. The smallest absolute Gasteiger partial charge is 0.262 e. The van der Waals surface area contributed by atoms with Crippen LogP contribution in [0.4, 0.5) is 11.4 Å². The molecule has 2 aromatic rings. The number of benzene rings is 2. The van der Waals surface area contributed by atoms with Crippen molar-refractivity contribution in [1.29, 1.82) is 0 Å². The lowest BCUT2D eigenvalue weighted by atomic mass is 9.87. The van der Waals surface area contributed by atoms with E-state index in [1.165, 1.54) is 5.56 Å². The van der Waals surface area contributed by atoms with E-state index in [4.69, 9.17) is 10.5 Å². The summed E-state index contributed by atoms with van der Waals surface area (Å²) in [5.74, 6) is 0.510. The Labute approximate surface area is 150 Å². The summed E-state index contributed by atoms with van der Waals surface area (Å²) >= 11 is 0. The number of amides is 1. The standard InChI is InChI=1S/C21H28N2O2/c1-6-15-12-17(22)11-14(2)20(15)23-19(24)13-25-18-9-7-16(8-10-18)21(3,4)5/h7-12H,6,13,22H2,1-5H3,(H,23,24). The Morgan fingerprint density at radius 1 is 1.16 bits per heavy atom. The summed E-state index contributed by atoms with van der Waals surface area (Å²) in [6.07, 6.45) is 0.802. The number of rotatable bonds is 5. The van der Waals surface area contributed by atoms with Gasteiger partial charge >= 0.3 is 0 Å². The van der Waals surface area contributed by atoms with Crippen LogP contribution in [0.15, 0.2) is 36.4 Å². The minimum absolute atomic E-state index is 0.0260. The number of hydrogen-bond donors (Lipinski definition) is 2. The molecule has 0 aliphatic rings. The summed E-state index contributed by atoms with van der Waals surface area (Å²) in [5, 5.41) is 2.94. The second-order valence-electron chi connectivity index (χ2n) is 7.34. The summed E-state index contributed by atoms with van der Waals surface area (Å²) in [4.78, 5) is 12.2. The molecule has 3 N–H and O–H groups in total. The zero-order valence-electron chi connectivity index (χ0n) is 15.8. The molecule has 25 heavy (non-hydrogen) atoms. The van der Waals surface area contributed by atoms with Crippen LogP contribution in [0.5, 0.6) is 5.75 Å². The number of carbonyl (C=O) groups excluding carboxylic acids is 1. The second-order valence-corrected chi connectivity index (χ2v) is 7.34. The van der Waals surface area contributed by atoms with Gasteiger partial charge in [-0.05, 0) is 59.7 Å². The van der Waals surface area contributed by atoms with E-state index in [2.05, 4.69) is 26.1 Å². The molecular weight excluding hydrogens is 312 g/mol. The average molecular weight is 340 g/mol. The zero-order valence-corrected chi connectivity index (χ0v) is 15.8. The van der Waals surface area contributed by atoms with E-state index in [0.717, 1.165) is 23.2 Å². The van der Waals surface area contributed by atoms with Crippen molar-refractivity contribution in [2.45, 2.75) is 46.5 Å². The van der Waals surface area contributed by atoms with Gasteiger partial charge in [-0.25, -0.2) is 0 Å². The Morgan fingerprint density at radius 2 is 1.80 bits per heavy atom. The highest BCUT2D eigenvalue weighted by Gasteiger charge is 2.14. The van der Waals surface area contributed by atoms with Crippen molar-refractivity contribution >= 4 is 17.3 Å². The molecule has 134 valence electrons. The number of hydrogen-bond acceptors (Lipinski definition) is 3. The zero-order chi connectivity index (χ0) is 18.6. The first-order valence-electron chi connectivity index (χ1n) is 8.63. The summed E-state index contributed by atoms with van der Waals surface area (Å²) in [7, 11) is 0. The van der Waals surface area contributed by atoms with Gasteiger partial charge in [-0.2, -0.15) is 0 Å². The van der Waals surface area contributed by atoms with Crippen LogP contribution in [-0.4, -0.2) is 12.5 Å². The molecule has 0 bridgehead atoms. The Bertz CT molecular complexity index is 744. The van der Waals surface area contributed by atoms with Crippen LogP contribution in [0.2, 0.25) is 0 Å². The van der Waals surface area contributed by atoms with Gasteiger partial charge in [0.25, 0.3) is 5.91 Å². The van der Waals surface area contributed by atoms with Crippen molar-refractivity contribution in [3.63, 3.8) is 0 Å². The number of carbonyl (C=O) groups is 1. The topological polar surface area (TPSA) is 64.3 Å². The van der Waals surface area contributed by atoms with E-state index >= 15 is 0 Å². The SMILES string of the molecule is CCc1cc(N)cc(C)c1NC(=O)COc1ccc(C(C)(C)C)cc1. The molecule has 0 aromatic heterocycles. The molecule has 0 aliphatic heterocycles. The van der Waals surface area contributed by atoms with E-state index in [9.17, 15) is 4.79 Å². The van der Waals surface area contributed by atoms with Crippen LogP contribution in [0.25, 0.3) is 0 Å². The van der Waals surface area contributed by atoms with Crippen LogP contribution in [0.3, 0.4) is 0 Å². The predicted octanol–water partition coefficient (Wildman–Crippen LogP) is 4.45. The lowest BCUT2D eigenvalue weighted by molar-refractivity contribution is -0.118. The number of nitrogens with one attached hydrogen (secondary N) is 1. The molecule has 2 rings (SSSR count). The molecule has 0 spiro atoms. The van der Waals surface area contributed by atoms with E-state index in [1.54, 1.807) is 0 Å². The third kappa shape index (κ3) is 4.99. The first kappa shape index (κ1) is 18.8. The number of nitrogens with two attached hydrogens (primary N) is 1. The Morgan fingerprint density at radius 3 is 2.36 bits per heavy atom. The highest BCUT2D eigenvalue weighted by Crippen LogP contribution is 2.26. The number of anilines is 2. The fourth-order valence-corrected chi connectivity index (χ4v) is 2.72. The molecule has 0 unspecified atom stereocenters. The lowest BCUT2D eigenvalue weighted by Crippen LogP contribution is -2.21. The summed E-state index contributed by atoms with van der Waals surface area (Å²) < 4.78 is 5.61. The minimum atomic E-state index is -0.178. The van der Waals surface area contributed by atoms with Gasteiger partial charge in [0.15, 0.2) is 6.61 Å². The van der Waals surface area contributed by atoms with Crippen LogP contribution in [-0.2, 0) is 16.6 Å². The van der Waals surface area contributed by atoms with Crippen molar-refractivity contribution < 1.29 is 9.53 Å². The molecule has 0 saturated heterocycles. The highest BCUT2D eigenvalue weighted by atomic mass is 16.5. The largest absolute Gasteiger partial charge is 0.484 e. The minimum Gasteiger partial charge on any atom is -0.484 e. The van der Waals surface area contributed by atoms with Crippen molar-refractivity contribution in [1.82, 2.24) is 0 Å². The monoisotopic (exact) mass is 340 g/mol. The average Bonchev–Trinajstić information content (AvgIpc) is 2.54. The van der Waals surface area contributed by atoms with Crippen LogP contribution < -0.4 is 15.8 Å². The van der Waals surface area contributed by atoms with E-state index in [0.29, 0.717) is 11.4 Å². The van der Waals surface area contributed by atoms with Gasteiger partial charge in [-0.15, -0.1) is 0 Å². The van der Waals surface area contributed by atoms with Gasteiger partial charge < -0.3 is 15.8 Å². The number of ether oxygens (including phenoxy) is 1. The van der Waals surface area contributed by atoms with E-state index in [-0.39, 0.29) is 17.9 Å². The molecule has 2 aromatic carbocycles. The Kier molecular flexibility index (Phi) is 5.73. The highest BCUT2D eigenvalue weighted by molar-refractivity contribution is 5.93. The third-order valence-corrected chi connectivity index (χ3v) is 4.18. The molecule has 4 nitrogen and oxygen atoms in total. The van der Waals surface area contributed by atoms with Gasteiger partial charge in [0.1, 0.15) is 5.75 Å². The van der Waals surface area contributed by atoms with Crippen molar-refractivity contribution in [3.05, 3.63) is 53.1 Å². The molecule has 1 amide bonds. The normalized spacial score (nSPS) is 11.2. The van der Waals surface area contributed by atoms with Gasteiger partial charge in [-0.3, -0.25) is 4.79 Å². The van der Waals surface area contributed by atoms with Crippen LogP contribution in [0.1, 0.15) is 44.4 Å². The van der Waals surface area contributed by atoms with Gasteiger partial charge in [0, 0.05) is 11.4 Å². The quantitative estimate of drug-likeness (QED) is 0.790. The first-order chi connectivity index (χ1) is 11.7. The number of aryl methyl sites for hydroxylation is 2. The molecule has 0 radical (unpaired) electrons. The molecule has 0 heterocycles. The maximum absolute atomic E-state index is 12.2. The maximum Gasteiger partial charge on any atom is 0.262 e. The molecule has 0 atom stereocenters. The van der Waals surface area contributed by atoms with Crippen molar-refractivity contribution in [2.24, 2.45) is 0 Å². The second kappa shape index (κ2) is 7.60. The Hall–Kier alpha value is -2.49.